The van der Waals surface area contributed by atoms with Crippen molar-refractivity contribution in [3.63, 3.8) is 0 Å². The molecule has 11 heteroatoms. The lowest BCUT2D eigenvalue weighted by molar-refractivity contribution is -0.123. The summed E-state index contributed by atoms with van der Waals surface area (Å²) in [4.78, 5) is 11.3. The van der Waals surface area contributed by atoms with Gasteiger partial charge in [0, 0.05) is 18.7 Å². The third-order valence-corrected chi connectivity index (χ3v) is 5.26. The molecule has 1 amide bonds. The third-order valence-electron chi connectivity index (χ3n) is 3.47. The van der Waals surface area contributed by atoms with Crippen molar-refractivity contribution in [2.45, 2.75) is 11.1 Å². The van der Waals surface area contributed by atoms with E-state index < -0.39 is 46.0 Å². The molecular formula is C16H13F5N2O3S. The van der Waals surface area contributed by atoms with Gasteiger partial charge in [-0.3, -0.25) is 9.10 Å². The first-order valence-corrected chi connectivity index (χ1v) is 8.75. The van der Waals surface area contributed by atoms with E-state index in [1.807, 2.05) is 0 Å². The highest BCUT2D eigenvalue weighted by Gasteiger charge is 2.28. The Bertz CT molecular complexity index is 944. The fourth-order valence-electron chi connectivity index (χ4n) is 2.08. The number of hydrogen-bond donors (Lipinski definition) is 1. The van der Waals surface area contributed by atoms with Crippen LogP contribution in [0.4, 0.5) is 27.6 Å². The van der Waals surface area contributed by atoms with Crippen molar-refractivity contribution in [3.8, 4) is 0 Å². The number of carbonyl (C=O) groups excluding carboxylic acids is 1. The van der Waals surface area contributed by atoms with Gasteiger partial charge in [-0.1, -0.05) is 0 Å². The minimum Gasteiger partial charge on any atom is -0.343 e. The number of sulfonamides is 1. The molecule has 0 fully saturated rings. The van der Waals surface area contributed by atoms with Gasteiger partial charge < -0.3 is 5.32 Å². The Morgan fingerprint density at radius 2 is 1.67 bits per heavy atom. The molecule has 0 atom stereocenters. The van der Waals surface area contributed by atoms with Crippen molar-refractivity contribution >= 4 is 21.6 Å². The Labute approximate surface area is 151 Å². The SMILES string of the molecule is CN(c1cc(F)ccc1F)S(=O)(=O)c1ccc(C(=O)NCC(F)(F)F)cc1. The van der Waals surface area contributed by atoms with Gasteiger partial charge in [0.25, 0.3) is 15.9 Å². The molecule has 0 aliphatic heterocycles. The largest absolute Gasteiger partial charge is 0.405 e. The van der Waals surface area contributed by atoms with Gasteiger partial charge in [0.05, 0.1) is 10.6 Å². The Balaban J connectivity index is 2.24. The van der Waals surface area contributed by atoms with Crippen molar-refractivity contribution in [3.05, 3.63) is 59.7 Å². The summed E-state index contributed by atoms with van der Waals surface area (Å²) in [7, 11) is -3.28. The number of anilines is 1. The molecule has 2 rings (SSSR count). The fraction of sp³-hybridized carbons (Fsp3) is 0.188. The molecule has 0 aliphatic carbocycles. The minimum atomic E-state index is -4.59. The van der Waals surface area contributed by atoms with E-state index in [4.69, 9.17) is 0 Å². The molecule has 0 radical (unpaired) electrons. The zero-order valence-corrected chi connectivity index (χ0v) is 14.5. The topological polar surface area (TPSA) is 66.5 Å². The van der Waals surface area contributed by atoms with Gasteiger partial charge in [0.2, 0.25) is 0 Å². The van der Waals surface area contributed by atoms with Crippen molar-refractivity contribution < 1.29 is 35.2 Å². The van der Waals surface area contributed by atoms with Crippen LogP contribution < -0.4 is 9.62 Å². The van der Waals surface area contributed by atoms with Gasteiger partial charge in [-0.15, -0.1) is 0 Å². The lowest BCUT2D eigenvalue weighted by Gasteiger charge is -2.20. The maximum atomic E-state index is 13.8. The van der Waals surface area contributed by atoms with E-state index in [2.05, 4.69) is 0 Å². The number of benzene rings is 2. The second-order valence-electron chi connectivity index (χ2n) is 5.39. The highest BCUT2D eigenvalue weighted by Crippen LogP contribution is 2.25. The second-order valence-corrected chi connectivity index (χ2v) is 7.36. The van der Waals surface area contributed by atoms with Crippen LogP contribution in [0.1, 0.15) is 10.4 Å². The van der Waals surface area contributed by atoms with Crippen LogP contribution in [0.15, 0.2) is 47.4 Å². The smallest absolute Gasteiger partial charge is 0.343 e. The van der Waals surface area contributed by atoms with Crippen LogP contribution in [0.25, 0.3) is 0 Å². The number of amides is 1. The quantitative estimate of drug-likeness (QED) is 0.774. The van der Waals surface area contributed by atoms with E-state index in [0.29, 0.717) is 10.4 Å². The fourth-order valence-corrected chi connectivity index (χ4v) is 3.27. The molecule has 0 heterocycles. The summed E-state index contributed by atoms with van der Waals surface area (Å²) in [6.07, 6.45) is -4.59. The van der Waals surface area contributed by atoms with E-state index in [1.54, 1.807) is 5.32 Å². The summed E-state index contributed by atoms with van der Waals surface area (Å²) in [6.45, 7) is -1.53. The van der Waals surface area contributed by atoms with E-state index in [0.717, 1.165) is 43.4 Å². The van der Waals surface area contributed by atoms with E-state index >= 15 is 0 Å². The summed E-state index contributed by atoms with van der Waals surface area (Å²) in [5.41, 5.74) is -0.722. The summed E-state index contributed by atoms with van der Waals surface area (Å²) >= 11 is 0. The normalized spacial score (nSPS) is 11.9. The molecule has 0 unspecified atom stereocenters. The van der Waals surface area contributed by atoms with Crippen molar-refractivity contribution in [1.29, 1.82) is 0 Å². The predicted octanol–water partition coefficient (Wildman–Crippen LogP) is 3.08. The molecule has 27 heavy (non-hydrogen) atoms. The van der Waals surface area contributed by atoms with Crippen molar-refractivity contribution in [1.82, 2.24) is 5.32 Å². The van der Waals surface area contributed by atoms with Crippen molar-refractivity contribution in [2.75, 3.05) is 17.9 Å². The van der Waals surface area contributed by atoms with Gasteiger partial charge >= 0.3 is 6.18 Å². The third kappa shape index (κ3) is 4.94. The molecule has 2 aromatic rings. The lowest BCUT2D eigenvalue weighted by atomic mass is 10.2. The molecule has 146 valence electrons. The zero-order chi connectivity index (χ0) is 20.4. The highest BCUT2D eigenvalue weighted by atomic mass is 32.2. The first-order chi connectivity index (χ1) is 12.4. The van der Waals surface area contributed by atoms with Gasteiger partial charge in [0.1, 0.15) is 18.2 Å². The monoisotopic (exact) mass is 408 g/mol. The summed E-state index contributed by atoms with van der Waals surface area (Å²) in [6, 6.07) is 6.27. The molecule has 2 aromatic carbocycles. The Morgan fingerprint density at radius 1 is 1.07 bits per heavy atom. The molecule has 0 spiro atoms. The Morgan fingerprint density at radius 3 is 2.22 bits per heavy atom. The molecule has 0 aromatic heterocycles. The molecular weight excluding hydrogens is 395 g/mol. The lowest BCUT2D eigenvalue weighted by Crippen LogP contribution is -2.33. The number of carbonyl (C=O) groups is 1. The second kappa shape index (κ2) is 7.51. The number of halogens is 5. The van der Waals surface area contributed by atoms with E-state index in [1.165, 1.54) is 0 Å². The van der Waals surface area contributed by atoms with Crippen LogP contribution in [0, 0.1) is 11.6 Å². The number of alkyl halides is 3. The van der Waals surface area contributed by atoms with Crippen LogP contribution in [0.3, 0.4) is 0 Å². The van der Waals surface area contributed by atoms with Crippen LogP contribution in [0.2, 0.25) is 0 Å². The maximum Gasteiger partial charge on any atom is 0.405 e. The van der Waals surface area contributed by atoms with Crippen LogP contribution >= 0.6 is 0 Å². The summed E-state index contributed by atoms with van der Waals surface area (Å²) < 4.78 is 89.0. The minimum absolute atomic E-state index is 0.196. The van der Waals surface area contributed by atoms with E-state index in [-0.39, 0.29) is 10.5 Å². The number of nitrogens with zero attached hydrogens (tertiary/aromatic N) is 1. The summed E-state index contributed by atoms with van der Waals surface area (Å²) in [5.74, 6) is -2.85. The first-order valence-electron chi connectivity index (χ1n) is 7.31. The number of hydrogen-bond acceptors (Lipinski definition) is 3. The molecule has 1 N–H and O–H groups in total. The highest BCUT2D eigenvalue weighted by molar-refractivity contribution is 7.92. The van der Waals surface area contributed by atoms with Crippen LogP contribution in [0.5, 0.6) is 0 Å². The first kappa shape index (κ1) is 20.6. The molecule has 5 nitrogen and oxygen atoms in total. The van der Waals surface area contributed by atoms with E-state index in [9.17, 15) is 35.2 Å². The van der Waals surface area contributed by atoms with Crippen molar-refractivity contribution in [2.24, 2.45) is 0 Å². The standard InChI is InChI=1S/C16H13F5N2O3S/c1-23(14-8-11(17)4-7-13(14)18)27(25,26)12-5-2-10(3-6-12)15(24)22-9-16(19,20)21/h2-8H,9H2,1H3,(H,22,24). The summed E-state index contributed by atoms with van der Waals surface area (Å²) in [5, 5.41) is 1.64. The van der Waals surface area contributed by atoms with Gasteiger partial charge in [-0.2, -0.15) is 13.2 Å². The molecule has 0 aliphatic rings. The van der Waals surface area contributed by atoms with Crippen LogP contribution in [-0.2, 0) is 10.0 Å². The molecule has 0 saturated carbocycles. The van der Waals surface area contributed by atoms with Gasteiger partial charge in [-0.25, -0.2) is 17.2 Å². The number of rotatable bonds is 5. The average molecular weight is 408 g/mol. The molecule has 0 saturated heterocycles. The Hall–Kier alpha value is -2.69. The van der Waals surface area contributed by atoms with Gasteiger partial charge in [-0.05, 0) is 36.4 Å². The van der Waals surface area contributed by atoms with Gasteiger partial charge in [0.15, 0.2) is 0 Å². The predicted molar refractivity (Wildman–Crippen MR) is 86.8 cm³/mol. The number of nitrogens with one attached hydrogen (secondary N) is 1. The molecule has 0 bridgehead atoms. The Kier molecular flexibility index (Phi) is 5.73. The zero-order valence-electron chi connectivity index (χ0n) is 13.7. The van der Waals surface area contributed by atoms with Crippen LogP contribution in [-0.4, -0.2) is 34.1 Å². The average Bonchev–Trinajstić information content (AvgIpc) is 2.60. The maximum absolute atomic E-state index is 13.8.